The lowest BCUT2D eigenvalue weighted by Gasteiger charge is -2.25. The molecule has 1 N–H and O–H groups in total. The molecule has 0 saturated carbocycles. The third kappa shape index (κ3) is 6.60. The molecule has 0 aliphatic heterocycles. The first-order valence-electron chi connectivity index (χ1n) is 7.95. The molecular formula is C18H29NO4. The highest BCUT2D eigenvalue weighted by Crippen LogP contribution is 2.31. The van der Waals surface area contributed by atoms with Crippen molar-refractivity contribution in [3.8, 4) is 11.5 Å². The minimum atomic E-state index is -0.530. The van der Waals surface area contributed by atoms with Crippen LogP contribution < -0.4 is 9.47 Å². The predicted molar refractivity (Wildman–Crippen MR) is 92.1 cm³/mol. The van der Waals surface area contributed by atoms with Gasteiger partial charge in [-0.15, -0.1) is 6.58 Å². The number of benzene rings is 1. The van der Waals surface area contributed by atoms with Crippen LogP contribution in [0.2, 0.25) is 0 Å². The molecule has 1 rings (SSSR count). The lowest BCUT2D eigenvalue weighted by atomic mass is 10.1. The highest BCUT2D eigenvalue weighted by Gasteiger charge is 2.16. The Labute approximate surface area is 139 Å². The Kier molecular flexibility index (Phi) is 9.36. The van der Waals surface area contributed by atoms with Gasteiger partial charge in [-0.25, -0.2) is 0 Å². The molecule has 1 aromatic rings. The number of methoxy groups -OCH3 is 2. The van der Waals surface area contributed by atoms with Crippen LogP contribution in [0.25, 0.3) is 0 Å². The molecular weight excluding hydrogens is 294 g/mol. The summed E-state index contributed by atoms with van der Waals surface area (Å²) in [7, 11) is 3.27. The average molecular weight is 323 g/mol. The number of para-hydroxylation sites is 1. The number of aliphatic hydroxyl groups excluding tert-OH is 1. The van der Waals surface area contributed by atoms with E-state index >= 15 is 0 Å². The molecule has 130 valence electrons. The first-order valence-corrected chi connectivity index (χ1v) is 7.95. The summed E-state index contributed by atoms with van der Waals surface area (Å²) in [5, 5.41) is 10.1. The van der Waals surface area contributed by atoms with E-state index in [0.717, 1.165) is 30.0 Å². The van der Waals surface area contributed by atoms with E-state index in [1.54, 1.807) is 20.3 Å². The Hall–Kier alpha value is -1.56. The maximum atomic E-state index is 10.1. The summed E-state index contributed by atoms with van der Waals surface area (Å²) in [6, 6.07) is 5.85. The van der Waals surface area contributed by atoms with Crippen molar-refractivity contribution in [3.05, 3.63) is 36.4 Å². The van der Waals surface area contributed by atoms with Gasteiger partial charge >= 0.3 is 0 Å². The van der Waals surface area contributed by atoms with E-state index < -0.39 is 6.10 Å². The van der Waals surface area contributed by atoms with Crippen LogP contribution in [0.1, 0.15) is 18.9 Å². The third-order valence-electron chi connectivity index (χ3n) is 3.43. The van der Waals surface area contributed by atoms with E-state index in [9.17, 15) is 5.11 Å². The van der Waals surface area contributed by atoms with Gasteiger partial charge in [-0.2, -0.15) is 0 Å². The Morgan fingerprint density at radius 2 is 2.09 bits per heavy atom. The van der Waals surface area contributed by atoms with Crippen molar-refractivity contribution < 1.29 is 19.3 Å². The normalized spacial score (nSPS) is 12.2. The lowest BCUT2D eigenvalue weighted by molar-refractivity contribution is 0.0245. The molecule has 0 bridgehead atoms. The molecule has 1 atom stereocenters. The van der Waals surface area contributed by atoms with E-state index in [0.29, 0.717) is 26.3 Å². The molecule has 23 heavy (non-hydrogen) atoms. The van der Waals surface area contributed by atoms with E-state index in [1.165, 1.54) is 0 Å². The molecule has 5 heteroatoms. The quantitative estimate of drug-likeness (QED) is 0.473. The van der Waals surface area contributed by atoms with E-state index in [2.05, 4.69) is 18.4 Å². The Bertz CT molecular complexity index is 464. The second kappa shape index (κ2) is 11.0. The summed E-state index contributed by atoms with van der Waals surface area (Å²) in [5.41, 5.74) is 1.04. The van der Waals surface area contributed by atoms with Gasteiger partial charge in [0.15, 0.2) is 11.5 Å². The van der Waals surface area contributed by atoms with Crippen molar-refractivity contribution in [2.24, 2.45) is 0 Å². The molecule has 5 nitrogen and oxygen atoms in total. The van der Waals surface area contributed by atoms with Crippen molar-refractivity contribution in [1.29, 1.82) is 0 Å². The molecule has 0 saturated heterocycles. The summed E-state index contributed by atoms with van der Waals surface area (Å²) in [6.45, 7) is 8.60. The highest BCUT2D eigenvalue weighted by molar-refractivity contribution is 5.46. The zero-order valence-electron chi connectivity index (χ0n) is 14.5. The van der Waals surface area contributed by atoms with Crippen LogP contribution >= 0.6 is 0 Å². The highest BCUT2D eigenvalue weighted by atomic mass is 16.5. The van der Waals surface area contributed by atoms with Gasteiger partial charge < -0.3 is 19.3 Å². The summed E-state index contributed by atoms with van der Waals surface area (Å²) in [4.78, 5) is 2.19. The number of hydrogen-bond donors (Lipinski definition) is 1. The molecule has 0 heterocycles. The number of nitrogens with zero attached hydrogens (tertiary/aromatic N) is 1. The molecule has 0 spiro atoms. The molecule has 0 aromatic heterocycles. The fourth-order valence-electron chi connectivity index (χ4n) is 2.51. The summed E-state index contributed by atoms with van der Waals surface area (Å²) in [5.74, 6) is 1.46. The monoisotopic (exact) mass is 323 g/mol. The Balaban J connectivity index is 2.73. The van der Waals surface area contributed by atoms with Crippen LogP contribution in [-0.2, 0) is 11.3 Å². The van der Waals surface area contributed by atoms with Gasteiger partial charge in [0.1, 0.15) is 0 Å². The van der Waals surface area contributed by atoms with Crippen LogP contribution in [-0.4, -0.2) is 56.6 Å². The molecule has 0 fully saturated rings. The minimum absolute atomic E-state index is 0.307. The minimum Gasteiger partial charge on any atom is -0.493 e. The van der Waals surface area contributed by atoms with Crippen LogP contribution in [0, 0.1) is 0 Å². The van der Waals surface area contributed by atoms with E-state index in [-0.39, 0.29) is 0 Å². The van der Waals surface area contributed by atoms with Crippen molar-refractivity contribution >= 4 is 0 Å². The number of aliphatic hydroxyl groups is 1. The maximum absolute atomic E-state index is 10.1. The zero-order valence-corrected chi connectivity index (χ0v) is 14.5. The SMILES string of the molecule is C=CCOC[C@@H](O)CN(CCC)Cc1cccc(OC)c1OC. The first-order chi connectivity index (χ1) is 11.2. The van der Waals surface area contributed by atoms with Gasteiger partial charge in [0.05, 0.1) is 33.5 Å². The molecule has 0 amide bonds. The van der Waals surface area contributed by atoms with E-state index in [1.807, 2.05) is 18.2 Å². The molecule has 0 aliphatic carbocycles. The number of hydrogen-bond acceptors (Lipinski definition) is 5. The predicted octanol–water partition coefficient (Wildman–Crippen LogP) is 2.48. The zero-order chi connectivity index (χ0) is 17.1. The van der Waals surface area contributed by atoms with Crippen molar-refractivity contribution in [2.75, 3.05) is 40.5 Å². The lowest BCUT2D eigenvalue weighted by Crippen LogP contribution is -2.35. The second-order valence-electron chi connectivity index (χ2n) is 5.37. The van der Waals surface area contributed by atoms with Gasteiger partial charge in [-0.05, 0) is 19.0 Å². The first kappa shape index (κ1) is 19.5. The summed E-state index contributed by atoms with van der Waals surface area (Å²) in [6.07, 6.45) is 2.16. The van der Waals surface area contributed by atoms with Crippen LogP contribution in [0.3, 0.4) is 0 Å². The fraction of sp³-hybridized carbons (Fsp3) is 0.556. The summed E-state index contributed by atoms with van der Waals surface area (Å²) < 4.78 is 16.1. The topological polar surface area (TPSA) is 51.2 Å². The standard InChI is InChI=1S/C18H29NO4/c1-5-10-19(13-16(20)14-23-11-6-2)12-15-8-7-9-17(21-3)18(15)22-4/h6-9,16,20H,2,5,10-14H2,1,3-4H3/t16-/m0/s1. The number of rotatable bonds is 12. The van der Waals surface area contributed by atoms with Gasteiger partial charge in [0.2, 0.25) is 0 Å². The average Bonchev–Trinajstić information content (AvgIpc) is 2.55. The molecule has 0 radical (unpaired) electrons. The molecule has 0 unspecified atom stereocenters. The van der Waals surface area contributed by atoms with Crippen LogP contribution in [0.5, 0.6) is 11.5 Å². The maximum Gasteiger partial charge on any atom is 0.165 e. The third-order valence-corrected chi connectivity index (χ3v) is 3.43. The molecule has 0 aliphatic rings. The van der Waals surface area contributed by atoms with Crippen molar-refractivity contribution in [1.82, 2.24) is 4.90 Å². The smallest absolute Gasteiger partial charge is 0.165 e. The van der Waals surface area contributed by atoms with Crippen LogP contribution in [0.15, 0.2) is 30.9 Å². The van der Waals surface area contributed by atoms with E-state index in [4.69, 9.17) is 14.2 Å². The Morgan fingerprint density at radius 1 is 1.30 bits per heavy atom. The van der Waals surface area contributed by atoms with Crippen LogP contribution in [0.4, 0.5) is 0 Å². The number of ether oxygens (including phenoxy) is 3. The Morgan fingerprint density at radius 3 is 2.70 bits per heavy atom. The van der Waals surface area contributed by atoms with Gasteiger partial charge in [-0.1, -0.05) is 25.1 Å². The van der Waals surface area contributed by atoms with Gasteiger partial charge in [0.25, 0.3) is 0 Å². The van der Waals surface area contributed by atoms with Crippen molar-refractivity contribution in [3.63, 3.8) is 0 Å². The van der Waals surface area contributed by atoms with Gasteiger partial charge in [-0.3, -0.25) is 4.90 Å². The molecule has 1 aromatic carbocycles. The largest absolute Gasteiger partial charge is 0.493 e. The second-order valence-corrected chi connectivity index (χ2v) is 5.37. The fourth-order valence-corrected chi connectivity index (χ4v) is 2.51. The summed E-state index contributed by atoms with van der Waals surface area (Å²) >= 11 is 0. The van der Waals surface area contributed by atoms with Gasteiger partial charge in [0, 0.05) is 18.7 Å². The van der Waals surface area contributed by atoms with Crippen molar-refractivity contribution in [2.45, 2.75) is 26.0 Å².